The van der Waals surface area contributed by atoms with Crippen molar-refractivity contribution in [2.75, 3.05) is 26.2 Å². The van der Waals surface area contributed by atoms with Crippen molar-refractivity contribution in [3.63, 3.8) is 0 Å². The molecule has 1 saturated heterocycles. The van der Waals surface area contributed by atoms with E-state index in [0.717, 1.165) is 11.2 Å². The highest BCUT2D eigenvalue weighted by atomic mass is 16.3. The number of hydrogen-bond acceptors (Lipinski definition) is 5. The fourth-order valence-electron chi connectivity index (χ4n) is 3.91. The van der Waals surface area contributed by atoms with Gasteiger partial charge in [-0.15, -0.1) is 5.10 Å². The maximum atomic E-state index is 12.9. The summed E-state index contributed by atoms with van der Waals surface area (Å²) in [6.07, 6.45) is 1.06. The Morgan fingerprint density at radius 1 is 0.900 bits per heavy atom. The summed E-state index contributed by atoms with van der Waals surface area (Å²) in [5.41, 5.74) is 0.927. The first kappa shape index (κ1) is 18.6. The Morgan fingerprint density at radius 2 is 1.53 bits per heavy atom. The van der Waals surface area contributed by atoms with Crippen LogP contribution >= 0.6 is 0 Å². The van der Waals surface area contributed by atoms with Gasteiger partial charge in [-0.3, -0.25) is 9.59 Å². The number of benzene rings is 2. The molecule has 8 nitrogen and oxygen atoms in total. The van der Waals surface area contributed by atoms with Crippen molar-refractivity contribution in [2.24, 2.45) is 0 Å². The van der Waals surface area contributed by atoms with E-state index in [1.165, 1.54) is 0 Å². The van der Waals surface area contributed by atoms with Crippen LogP contribution in [0.2, 0.25) is 0 Å². The largest absolute Gasteiger partial charge is 0.492 e. The zero-order valence-corrected chi connectivity index (χ0v) is 16.4. The zero-order valence-electron chi connectivity index (χ0n) is 16.4. The van der Waals surface area contributed by atoms with E-state index in [1.807, 2.05) is 18.2 Å². The number of piperazine rings is 1. The Hall–Kier alpha value is -3.39. The van der Waals surface area contributed by atoms with E-state index >= 15 is 0 Å². The molecule has 0 spiro atoms. The summed E-state index contributed by atoms with van der Waals surface area (Å²) >= 11 is 0. The topological polar surface area (TPSA) is 98.9 Å². The minimum absolute atomic E-state index is 0.0333. The van der Waals surface area contributed by atoms with Crippen molar-refractivity contribution in [3.05, 3.63) is 54.1 Å². The predicted octanol–water partition coefficient (Wildman–Crippen LogP) is 1.54. The highest BCUT2D eigenvalue weighted by molar-refractivity contribution is 5.95. The summed E-state index contributed by atoms with van der Waals surface area (Å²) in [6.45, 7) is 1.76. The number of aliphatic hydroxyl groups is 1. The number of amides is 2. The van der Waals surface area contributed by atoms with Gasteiger partial charge in [-0.2, -0.15) is 0 Å². The van der Waals surface area contributed by atoms with E-state index in [4.69, 9.17) is 0 Å². The zero-order chi connectivity index (χ0) is 20.9. The van der Waals surface area contributed by atoms with Gasteiger partial charge in [0.15, 0.2) is 0 Å². The van der Waals surface area contributed by atoms with Crippen LogP contribution in [0.5, 0.6) is 5.88 Å². The average molecular weight is 406 g/mol. The Morgan fingerprint density at radius 3 is 2.20 bits per heavy atom. The normalized spacial score (nSPS) is 17.9. The number of fused-ring (bicyclic) bond motifs is 1. The molecule has 1 saturated carbocycles. The molecule has 5 rings (SSSR count). The van der Waals surface area contributed by atoms with Gasteiger partial charge in [0, 0.05) is 31.7 Å². The fraction of sp³-hybridized carbons (Fsp3) is 0.318. The first-order valence-corrected chi connectivity index (χ1v) is 10.0. The van der Waals surface area contributed by atoms with E-state index in [1.54, 1.807) is 44.8 Å². The van der Waals surface area contributed by atoms with Crippen LogP contribution in [0, 0.1) is 0 Å². The first-order valence-electron chi connectivity index (χ1n) is 10.0. The summed E-state index contributed by atoms with van der Waals surface area (Å²) in [4.78, 5) is 28.5. The second-order valence-corrected chi connectivity index (χ2v) is 7.92. The summed E-state index contributed by atoms with van der Waals surface area (Å²) in [7, 11) is 0. The van der Waals surface area contributed by atoms with Gasteiger partial charge in [0.1, 0.15) is 5.60 Å². The van der Waals surface area contributed by atoms with E-state index in [9.17, 15) is 19.8 Å². The minimum atomic E-state index is -1.16. The van der Waals surface area contributed by atoms with Gasteiger partial charge >= 0.3 is 0 Å². The first-order chi connectivity index (χ1) is 14.5. The summed E-state index contributed by atoms with van der Waals surface area (Å²) in [6, 6.07) is 14.5. The minimum Gasteiger partial charge on any atom is -0.492 e. The van der Waals surface area contributed by atoms with E-state index < -0.39 is 5.60 Å². The number of hydrogen-bond donors (Lipinski definition) is 2. The van der Waals surface area contributed by atoms with Gasteiger partial charge in [-0.25, -0.2) is 4.68 Å². The predicted molar refractivity (Wildman–Crippen MR) is 109 cm³/mol. The number of nitrogens with zero attached hydrogens (tertiary/aromatic N) is 4. The Bertz CT molecular complexity index is 1130. The number of aromatic hydroxyl groups is 1. The maximum Gasteiger partial charge on any atom is 0.254 e. The number of rotatable bonds is 3. The van der Waals surface area contributed by atoms with Crippen molar-refractivity contribution in [3.8, 4) is 11.6 Å². The molecule has 0 atom stereocenters. The number of para-hydroxylation sites is 1. The molecule has 2 fully saturated rings. The molecule has 2 heterocycles. The average Bonchev–Trinajstić information content (AvgIpc) is 3.46. The molecule has 8 heteroatoms. The second kappa shape index (κ2) is 6.84. The standard InChI is InChI=1S/C22H22N4O4/c27-19-17-3-1-2-4-18(17)26(23-19)16-7-5-15(6-8-16)20(28)24-11-13-25(14-12-24)21(29)22(30)9-10-22/h1-8,30H,9-14H2,(H,23,27). The van der Waals surface area contributed by atoms with Gasteiger partial charge in [0.2, 0.25) is 5.88 Å². The maximum absolute atomic E-state index is 12.9. The highest BCUT2D eigenvalue weighted by Gasteiger charge is 2.50. The fourth-order valence-corrected chi connectivity index (χ4v) is 3.91. The Labute approximate surface area is 172 Å². The van der Waals surface area contributed by atoms with Crippen LogP contribution in [-0.2, 0) is 4.79 Å². The number of carbonyl (C=O) groups is 2. The quantitative estimate of drug-likeness (QED) is 0.688. The lowest BCUT2D eigenvalue weighted by molar-refractivity contribution is -0.143. The van der Waals surface area contributed by atoms with E-state index in [-0.39, 0.29) is 17.7 Å². The van der Waals surface area contributed by atoms with Crippen LogP contribution in [0.4, 0.5) is 0 Å². The van der Waals surface area contributed by atoms with Crippen LogP contribution in [0.1, 0.15) is 23.2 Å². The van der Waals surface area contributed by atoms with Crippen molar-refractivity contribution in [1.29, 1.82) is 0 Å². The lowest BCUT2D eigenvalue weighted by Gasteiger charge is -2.35. The van der Waals surface area contributed by atoms with Crippen LogP contribution < -0.4 is 0 Å². The molecule has 1 aliphatic carbocycles. The third kappa shape index (κ3) is 3.09. The molecular formula is C22H22N4O4. The van der Waals surface area contributed by atoms with E-state index in [2.05, 4.69) is 5.10 Å². The van der Waals surface area contributed by atoms with Crippen molar-refractivity contribution in [2.45, 2.75) is 18.4 Å². The molecule has 1 aliphatic heterocycles. The van der Waals surface area contributed by atoms with Gasteiger partial charge < -0.3 is 20.0 Å². The van der Waals surface area contributed by atoms with Crippen molar-refractivity contribution < 1.29 is 19.8 Å². The van der Waals surface area contributed by atoms with Gasteiger partial charge in [-0.05, 0) is 49.2 Å². The molecular weight excluding hydrogens is 384 g/mol. The molecule has 30 heavy (non-hydrogen) atoms. The molecule has 0 bridgehead atoms. The van der Waals surface area contributed by atoms with Gasteiger partial charge in [0.25, 0.3) is 11.8 Å². The van der Waals surface area contributed by atoms with Crippen LogP contribution in [0.15, 0.2) is 48.5 Å². The smallest absolute Gasteiger partial charge is 0.254 e. The molecule has 0 unspecified atom stereocenters. The van der Waals surface area contributed by atoms with Crippen LogP contribution in [0.3, 0.4) is 0 Å². The molecule has 2 amide bonds. The molecule has 2 aliphatic rings. The lowest BCUT2D eigenvalue weighted by atomic mass is 10.1. The van der Waals surface area contributed by atoms with Crippen molar-refractivity contribution >= 4 is 22.7 Å². The lowest BCUT2D eigenvalue weighted by Crippen LogP contribution is -2.53. The Balaban J connectivity index is 1.29. The monoisotopic (exact) mass is 406 g/mol. The summed E-state index contributed by atoms with van der Waals surface area (Å²) in [5.74, 6) is -0.338. The SMILES string of the molecule is O=C(c1ccc(-n2nc(O)c3ccccc32)cc1)N1CCN(C(=O)C2(O)CC2)CC1. The van der Waals surface area contributed by atoms with Crippen molar-refractivity contribution in [1.82, 2.24) is 19.6 Å². The Kier molecular flexibility index (Phi) is 4.25. The van der Waals surface area contributed by atoms with Gasteiger partial charge in [0.05, 0.1) is 16.6 Å². The molecule has 1 aromatic heterocycles. The number of carbonyl (C=O) groups excluding carboxylic acids is 2. The molecule has 0 radical (unpaired) electrons. The molecule has 154 valence electrons. The van der Waals surface area contributed by atoms with Gasteiger partial charge in [-0.1, -0.05) is 12.1 Å². The highest BCUT2D eigenvalue weighted by Crippen LogP contribution is 2.37. The summed E-state index contributed by atoms with van der Waals surface area (Å²) < 4.78 is 1.64. The van der Waals surface area contributed by atoms with E-state index in [0.29, 0.717) is 50.0 Å². The molecule has 2 aromatic carbocycles. The second-order valence-electron chi connectivity index (χ2n) is 7.92. The summed E-state index contributed by atoms with van der Waals surface area (Å²) in [5, 5.41) is 24.9. The molecule has 2 N–H and O–H groups in total. The van der Waals surface area contributed by atoms with Crippen LogP contribution in [-0.4, -0.2) is 73.4 Å². The third-order valence-electron chi connectivity index (χ3n) is 5.90. The van der Waals surface area contributed by atoms with Crippen LogP contribution in [0.25, 0.3) is 16.6 Å². The third-order valence-corrected chi connectivity index (χ3v) is 5.90. The molecule has 3 aromatic rings. The number of aromatic nitrogens is 2.